The Hall–Kier alpha value is -0.840. The maximum absolute atomic E-state index is 12.2. The molecule has 0 radical (unpaired) electrons. The highest BCUT2D eigenvalue weighted by Crippen LogP contribution is 2.28. The molecule has 0 fully saturated rings. The molecular weight excluding hydrogens is 308 g/mol. The first-order valence-corrected chi connectivity index (χ1v) is 4.62. The van der Waals surface area contributed by atoms with Crippen LogP contribution in [0.25, 0.3) is 0 Å². The molecule has 6 heteroatoms. The maximum Gasteiger partial charge on any atom is 0.433 e. The van der Waals surface area contributed by atoms with Crippen molar-refractivity contribution in [1.29, 1.82) is 5.26 Å². The second kappa shape index (κ2) is 4.13. The number of hydrogen-bond acceptors (Lipinski definition) is 2. The molecule has 0 aliphatic heterocycles. The van der Waals surface area contributed by atoms with Crippen molar-refractivity contribution < 1.29 is 13.2 Å². The first kappa shape index (κ1) is 11.2. The molecule has 0 unspecified atom stereocenters. The smallest absolute Gasteiger partial charge is 0.246 e. The zero-order valence-electron chi connectivity index (χ0n) is 6.77. The summed E-state index contributed by atoms with van der Waals surface area (Å²) in [4.78, 5) is 3.38. The van der Waals surface area contributed by atoms with Crippen molar-refractivity contribution in [3.63, 3.8) is 0 Å². The lowest BCUT2D eigenvalue weighted by atomic mass is 10.2. The van der Waals surface area contributed by atoms with Crippen LogP contribution in [0, 0.1) is 14.9 Å². The normalized spacial score (nSPS) is 11.1. The summed E-state index contributed by atoms with van der Waals surface area (Å²) in [5.74, 6) is 0. The van der Waals surface area contributed by atoms with Crippen LogP contribution in [-0.2, 0) is 12.6 Å². The van der Waals surface area contributed by atoms with Crippen molar-refractivity contribution in [3.8, 4) is 6.07 Å². The van der Waals surface area contributed by atoms with Crippen LogP contribution in [0.15, 0.2) is 12.1 Å². The van der Waals surface area contributed by atoms with Crippen molar-refractivity contribution in [1.82, 2.24) is 4.98 Å². The zero-order chi connectivity index (χ0) is 10.8. The predicted octanol–water partition coefficient (Wildman–Crippen LogP) is 2.77. The van der Waals surface area contributed by atoms with Crippen molar-refractivity contribution in [3.05, 3.63) is 27.1 Å². The molecule has 0 atom stereocenters. The highest BCUT2D eigenvalue weighted by atomic mass is 127. The minimum Gasteiger partial charge on any atom is -0.246 e. The Morgan fingerprint density at radius 1 is 1.43 bits per heavy atom. The Bertz CT molecular complexity index is 381. The molecule has 0 saturated heterocycles. The molecule has 0 N–H and O–H groups in total. The second-order valence-electron chi connectivity index (χ2n) is 2.46. The van der Waals surface area contributed by atoms with Crippen molar-refractivity contribution in [2.75, 3.05) is 0 Å². The van der Waals surface area contributed by atoms with Gasteiger partial charge in [-0.05, 0) is 34.7 Å². The van der Waals surface area contributed by atoms with Crippen LogP contribution in [0.2, 0.25) is 0 Å². The number of rotatable bonds is 1. The lowest BCUT2D eigenvalue weighted by molar-refractivity contribution is -0.141. The molecule has 0 aromatic carbocycles. The SMILES string of the molecule is N#CCc1nc(C(F)(F)F)ccc1I. The summed E-state index contributed by atoms with van der Waals surface area (Å²) in [7, 11) is 0. The second-order valence-corrected chi connectivity index (χ2v) is 3.62. The Morgan fingerprint density at radius 3 is 2.57 bits per heavy atom. The maximum atomic E-state index is 12.2. The number of hydrogen-bond donors (Lipinski definition) is 0. The number of halogens is 4. The predicted molar refractivity (Wildman–Crippen MR) is 51.3 cm³/mol. The van der Waals surface area contributed by atoms with E-state index in [9.17, 15) is 13.2 Å². The van der Waals surface area contributed by atoms with Gasteiger partial charge in [0.15, 0.2) is 0 Å². The van der Waals surface area contributed by atoms with Gasteiger partial charge in [-0.2, -0.15) is 18.4 Å². The van der Waals surface area contributed by atoms with Gasteiger partial charge < -0.3 is 0 Å². The fraction of sp³-hybridized carbons (Fsp3) is 0.250. The van der Waals surface area contributed by atoms with E-state index in [1.165, 1.54) is 6.07 Å². The molecule has 1 heterocycles. The molecule has 1 aromatic heterocycles. The Balaban J connectivity index is 3.14. The van der Waals surface area contributed by atoms with Crippen molar-refractivity contribution in [2.24, 2.45) is 0 Å². The first-order chi connectivity index (χ1) is 6.45. The molecule has 1 rings (SSSR count). The summed E-state index contributed by atoms with van der Waals surface area (Å²) in [6.07, 6.45) is -4.56. The molecule has 1 aromatic rings. The van der Waals surface area contributed by atoms with Crippen LogP contribution < -0.4 is 0 Å². The van der Waals surface area contributed by atoms with Crippen molar-refractivity contribution >= 4 is 22.6 Å². The lowest BCUT2D eigenvalue weighted by Gasteiger charge is -2.07. The van der Waals surface area contributed by atoms with Crippen LogP contribution in [0.3, 0.4) is 0 Å². The molecule has 0 spiro atoms. The van der Waals surface area contributed by atoms with Gasteiger partial charge in [-0.3, -0.25) is 0 Å². The quantitative estimate of drug-likeness (QED) is 0.748. The highest BCUT2D eigenvalue weighted by molar-refractivity contribution is 14.1. The van der Waals surface area contributed by atoms with Gasteiger partial charge in [0, 0.05) is 3.57 Å². The van der Waals surface area contributed by atoms with Gasteiger partial charge in [-0.15, -0.1) is 0 Å². The van der Waals surface area contributed by atoms with Crippen LogP contribution in [-0.4, -0.2) is 4.98 Å². The van der Waals surface area contributed by atoms with E-state index in [1.807, 2.05) is 22.6 Å². The number of alkyl halides is 3. The molecule has 14 heavy (non-hydrogen) atoms. The number of pyridine rings is 1. The van der Waals surface area contributed by atoms with Crippen LogP contribution in [0.1, 0.15) is 11.4 Å². The summed E-state index contributed by atoms with van der Waals surface area (Å²) in [5, 5.41) is 8.36. The highest BCUT2D eigenvalue weighted by Gasteiger charge is 2.32. The van der Waals surface area contributed by atoms with Gasteiger partial charge in [0.2, 0.25) is 0 Å². The zero-order valence-corrected chi connectivity index (χ0v) is 8.93. The van der Waals surface area contributed by atoms with E-state index in [1.54, 1.807) is 6.07 Å². The average molecular weight is 312 g/mol. The molecule has 74 valence electrons. The van der Waals surface area contributed by atoms with Crippen LogP contribution in [0.5, 0.6) is 0 Å². The molecule has 0 bridgehead atoms. The molecule has 0 aliphatic rings. The molecular formula is C8H4F3IN2. The lowest BCUT2D eigenvalue weighted by Crippen LogP contribution is -2.10. The van der Waals surface area contributed by atoms with E-state index in [2.05, 4.69) is 4.98 Å². The summed E-state index contributed by atoms with van der Waals surface area (Å²) in [6, 6.07) is 3.98. The average Bonchev–Trinajstić information content (AvgIpc) is 2.07. The van der Waals surface area contributed by atoms with Gasteiger partial charge in [-0.1, -0.05) is 0 Å². The van der Waals surface area contributed by atoms with E-state index in [0.29, 0.717) is 3.57 Å². The Kier molecular flexibility index (Phi) is 3.31. The minimum atomic E-state index is -4.45. The van der Waals surface area contributed by atoms with Crippen LogP contribution >= 0.6 is 22.6 Å². The fourth-order valence-corrected chi connectivity index (χ4v) is 1.33. The van der Waals surface area contributed by atoms with Crippen LogP contribution in [0.4, 0.5) is 13.2 Å². The first-order valence-electron chi connectivity index (χ1n) is 3.54. The summed E-state index contributed by atoms with van der Waals surface area (Å²) in [6.45, 7) is 0. The third-order valence-corrected chi connectivity index (χ3v) is 2.44. The fourth-order valence-electron chi connectivity index (χ4n) is 0.841. The van der Waals surface area contributed by atoms with E-state index in [-0.39, 0.29) is 12.1 Å². The Labute approximate surface area is 91.9 Å². The minimum absolute atomic E-state index is 0.109. The van der Waals surface area contributed by atoms with Gasteiger partial charge in [0.05, 0.1) is 18.2 Å². The third-order valence-electron chi connectivity index (χ3n) is 1.46. The van der Waals surface area contributed by atoms with E-state index < -0.39 is 11.9 Å². The summed E-state index contributed by atoms with van der Waals surface area (Å²) < 4.78 is 37.1. The number of nitriles is 1. The standard InChI is InChI=1S/C8H4F3IN2/c9-8(10,11)7-2-1-5(12)6(14-7)3-4-13/h1-2H,3H2. The van der Waals surface area contributed by atoms with E-state index >= 15 is 0 Å². The molecule has 0 saturated carbocycles. The van der Waals surface area contributed by atoms with Gasteiger partial charge in [0.25, 0.3) is 0 Å². The van der Waals surface area contributed by atoms with Crippen molar-refractivity contribution in [2.45, 2.75) is 12.6 Å². The third kappa shape index (κ3) is 2.57. The topological polar surface area (TPSA) is 36.7 Å². The monoisotopic (exact) mass is 312 g/mol. The largest absolute Gasteiger partial charge is 0.433 e. The Morgan fingerprint density at radius 2 is 2.07 bits per heavy atom. The van der Waals surface area contributed by atoms with Gasteiger partial charge in [-0.25, -0.2) is 4.98 Å². The molecule has 0 aliphatic carbocycles. The number of aromatic nitrogens is 1. The summed E-state index contributed by atoms with van der Waals surface area (Å²) >= 11 is 1.85. The van der Waals surface area contributed by atoms with E-state index in [4.69, 9.17) is 5.26 Å². The van der Waals surface area contributed by atoms with Gasteiger partial charge in [0.1, 0.15) is 5.69 Å². The number of nitrogens with zero attached hydrogens (tertiary/aromatic N) is 2. The van der Waals surface area contributed by atoms with Gasteiger partial charge >= 0.3 is 6.18 Å². The summed E-state index contributed by atoms with van der Waals surface area (Å²) in [5.41, 5.74) is -0.786. The molecule has 2 nitrogen and oxygen atoms in total. The van der Waals surface area contributed by atoms with E-state index in [0.717, 1.165) is 6.07 Å². The molecule has 0 amide bonds.